The van der Waals surface area contributed by atoms with E-state index < -0.39 is 18.0 Å². The predicted molar refractivity (Wildman–Crippen MR) is 95.1 cm³/mol. The lowest BCUT2D eigenvalue weighted by molar-refractivity contribution is -0.119. The number of amides is 2. The second-order valence-corrected chi connectivity index (χ2v) is 5.95. The molecule has 3 rings (SSSR count). The van der Waals surface area contributed by atoms with E-state index in [1.807, 2.05) is 6.07 Å². The van der Waals surface area contributed by atoms with Crippen LogP contribution >= 0.6 is 0 Å². The van der Waals surface area contributed by atoms with E-state index in [-0.39, 0.29) is 35.9 Å². The number of rotatable bonds is 4. The summed E-state index contributed by atoms with van der Waals surface area (Å²) in [6, 6.07) is 7.63. The summed E-state index contributed by atoms with van der Waals surface area (Å²) in [4.78, 5) is 28.1. The maximum atomic E-state index is 14.7. The molecular weight excluding hydrogens is 353 g/mol. The average molecular weight is 369 g/mol. The van der Waals surface area contributed by atoms with Gasteiger partial charge in [-0.2, -0.15) is 5.26 Å². The van der Waals surface area contributed by atoms with Gasteiger partial charge in [0.15, 0.2) is 0 Å². The highest BCUT2D eigenvalue weighted by Crippen LogP contribution is 2.31. The minimum absolute atomic E-state index is 0.0161. The molecule has 0 bridgehead atoms. The quantitative estimate of drug-likeness (QED) is 0.848. The molecule has 9 heteroatoms. The highest BCUT2D eigenvalue weighted by molar-refractivity contribution is 5.90. The van der Waals surface area contributed by atoms with Crippen LogP contribution in [0.15, 0.2) is 30.5 Å². The van der Waals surface area contributed by atoms with Gasteiger partial charge >= 0.3 is 6.09 Å². The molecule has 1 atom stereocenters. The fourth-order valence-corrected chi connectivity index (χ4v) is 2.81. The molecule has 1 aliphatic rings. The number of nitrogens with zero attached hydrogens (tertiary/aromatic N) is 3. The van der Waals surface area contributed by atoms with Gasteiger partial charge in [0.2, 0.25) is 5.91 Å². The third-order valence-corrected chi connectivity index (χ3v) is 4.10. The Bertz CT molecular complexity index is 956. The molecule has 2 aromatic rings. The van der Waals surface area contributed by atoms with E-state index in [0.29, 0.717) is 11.3 Å². The number of nitrogen functional groups attached to an aromatic ring is 1. The number of nitrogens with two attached hydrogens (primary N) is 1. The number of pyridine rings is 1. The number of hydrogen-bond donors (Lipinski definition) is 2. The number of aromatic nitrogens is 1. The van der Waals surface area contributed by atoms with Gasteiger partial charge in [0.1, 0.15) is 29.4 Å². The van der Waals surface area contributed by atoms with E-state index in [2.05, 4.69) is 10.3 Å². The predicted octanol–water partition coefficient (Wildman–Crippen LogP) is 1.80. The Balaban J connectivity index is 1.86. The van der Waals surface area contributed by atoms with Crippen molar-refractivity contribution in [3.63, 3.8) is 0 Å². The highest BCUT2D eigenvalue weighted by Gasteiger charge is 2.32. The molecule has 3 N–H and O–H groups in total. The molecule has 1 aromatic heterocycles. The van der Waals surface area contributed by atoms with Crippen LogP contribution in [-0.4, -0.2) is 36.2 Å². The fourth-order valence-electron chi connectivity index (χ4n) is 2.81. The first-order valence-electron chi connectivity index (χ1n) is 8.07. The third kappa shape index (κ3) is 3.64. The lowest BCUT2D eigenvalue weighted by Gasteiger charge is -2.15. The first-order chi connectivity index (χ1) is 12.9. The Morgan fingerprint density at radius 3 is 2.93 bits per heavy atom. The average Bonchev–Trinajstić information content (AvgIpc) is 3.00. The van der Waals surface area contributed by atoms with Crippen LogP contribution in [0.2, 0.25) is 0 Å². The molecule has 1 unspecified atom stereocenters. The lowest BCUT2D eigenvalue weighted by atomic mass is 10.0. The summed E-state index contributed by atoms with van der Waals surface area (Å²) >= 11 is 0. The van der Waals surface area contributed by atoms with E-state index in [1.54, 1.807) is 6.07 Å². The zero-order valence-corrected chi connectivity index (χ0v) is 14.4. The van der Waals surface area contributed by atoms with E-state index in [0.717, 1.165) is 0 Å². The van der Waals surface area contributed by atoms with Gasteiger partial charge in [0.25, 0.3) is 0 Å². The van der Waals surface area contributed by atoms with Gasteiger partial charge in [-0.25, -0.2) is 14.2 Å². The largest absolute Gasteiger partial charge is 0.442 e. The molecule has 8 nitrogen and oxygen atoms in total. The minimum atomic E-state index is -0.622. The Kier molecular flexibility index (Phi) is 4.90. The number of hydrogen-bond acceptors (Lipinski definition) is 6. The number of anilines is 2. The number of benzene rings is 1. The van der Waals surface area contributed by atoms with E-state index in [4.69, 9.17) is 10.5 Å². The molecule has 0 spiro atoms. The topological polar surface area (TPSA) is 121 Å². The molecule has 2 heterocycles. The Morgan fingerprint density at radius 2 is 2.26 bits per heavy atom. The van der Waals surface area contributed by atoms with Gasteiger partial charge in [-0.05, 0) is 24.3 Å². The van der Waals surface area contributed by atoms with Crippen molar-refractivity contribution in [3.8, 4) is 17.2 Å². The second kappa shape index (κ2) is 7.29. The summed E-state index contributed by atoms with van der Waals surface area (Å²) in [5.41, 5.74) is 6.57. The van der Waals surface area contributed by atoms with E-state index in [9.17, 15) is 19.2 Å². The van der Waals surface area contributed by atoms with E-state index >= 15 is 0 Å². The summed E-state index contributed by atoms with van der Waals surface area (Å²) in [7, 11) is 0. The second-order valence-electron chi connectivity index (χ2n) is 5.95. The maximum Gasteiger partial charge on any atom is 0.414 e. The Morgan fingerprint density at radius 1 is 1.48 bits per heavy atom. The molecule has 1 aliphatic heterocycles. The van der Waals surface area contributed by atoms with Gasteiger partial charge in [-0.15, -0.1) is 0 Å². The van der Waals surface area contributed by atoms with Crippen LogP contribution in [0.25, 0.3) is 11.1 Å². The highest BCUT2D eigenvalue weighted by atomic mass is 19.1. The first-order valence-corrected chi connectivity index (χ1v) is 8.07. The Labute approximate surface area is 154 Å². The lowest BCUT2D eigenvalue weighted by Crippen LogP contribution is -2.33. The SMILES string of the molecule is CC(=O)NCC1CN(c2ccc(-c3ccnc(N)c3C#N)c(F)c2)C(=O)O1. The van der Waals surface area contributed by atoms with Crippen molar-refractivity contribution in [1.29, 1.82) is 5.26 Å². The van der Waals surface area contributed by atoms with Gasteiger partial charge in [0, 0.05) is 24.2 Å². The van der Waals surface area contributed by atoms with Crippen molar-refractivity contribution in [3.05, 3.63) is 41.8 Å². The normalized spacial score (nSPS) is 16.0. The van der Waals surface area contributed by atoms with Crippen LogP contribution in [0.3, 0.4) is 0 Å². The van der Waals surface area contributed by atoms with Crippen LogP contribution < -0.4 is 16.0 Å². The number of nitrogens with one attached hydrogen (secondary N) is 1. The smallest absolute Gasteiger partial charge is 0.414 e. The van der Waals surface area contributed by atoms with Crippen LogP contribution in [0.1, 0.15) is 12.5 Å². The fraction of sp³-hybridized carbons (Fsp3) is 0.222. The summed E-state index contributed by atoms with van der Waals surface area (Å²) in [5, 5.41) is 11.8. The number of cyclic esters (lactones) is 1. The zero-order valence-electron chi connectivity index (χ0n) is 14.4. The van der Waals surface area contributed by atoms with Crippen molar-refractivity contribution in [2.75, 3.05) is 23.7 Å². The summed E-state index contributed by atoms with van der Waals surface area (Å²) in [6.07, 6.45) is 0.251. The molecule has 0 radical (unpaired) electrons. The Hall–Kier alpha value is -3.67. The molecule has 1 saturated heterocycles. The van der Waals surface area contributed by atoms with Gasteiger partial charge in [-0.3, -0.25) is 9.69 Å². The van der Waals surface area contributed by atoms with Gasteiger partial charge in [-0.1, -0.05) is 0 Å². The summed E-state index contributed by atoms with van der Waals surface area (Å²) < 4.78 is 19.9. The van der Waals surface area contributed by atoms with Crippen LogP contribution in [0, 0.1) is 17.1 Å². The molecular formula is C18H16FN5O3. The molecule has 27 heavy (non-hydrogen) atoms. The molecule has 2 amide bonds. The minimum Gasteiger partial charge on any atom is -0.442 e. The summed E-state index contributed by atoms with van der Waals surface area (Å²) in [5.74, 6) is -0.833. The number of carbonyl (C=O) groups excluding carboxylic acids is 2. The molecule has 1 fully saturated rings. The standard InChI is InChI=1S/C18H16FN5O3/c1-10(25)23-8-12-9-24(18(26)27-12)11-2-3-14(16(19)6-11)13-4-5-22-17(21)15(13)7-20/h2-6,12H,8-9H2,1H3,(H2,21,22)(H,23,25). The molecule has 0 saturated carbocycles. The monoisotopic (exact) mass is 369 g/mol. The van der Waals surface area contributed by atoms with Crippen molar-refractivity contribution in [2.45, 2.75) is 13.0 Å². The van der Waals surface area contributed by atoms with Crippen LogP contribution in [0.5, 0.6) is 0 Å². The van der Waals surface area contributed by atoms with Crippen molar-refractivity contribution >= 4 is 23.5 Å². The third-order valence-electron chi connectivity index (χ3n) is 4.10. The van der Waals surface area contributed by atoms with Crippen molar-refractivity contribution in [2.24, 2.45) is 0 Å². The van der Waals surface area contributed by atoms with Crippen LogP contribution in [-0.2, 0) is 9.53 Å². The van der Waals surface area contributed by atoms with Gasteiger partial charge in [0.05, 0.1) is 18.8 Å². The first kappa shape index (κ1) is 18.1. The molecule has 138 valence electrons. The van der Waals surface area contributed by atoms with Crippen molar-refractivity contribution in [1.82, 2.24) is 10.3 Å². The number of carbonyl (C=O) groups is 2. The molecule has 0 aliphatic carbocycles. The van der Waals surface area contributed by atoms with E-state index in [1.165, 1.54) is 36.2 Å². The summed E-state index contributed by atoms with van der Waals surface area (Å²) in [6.45, 7) is 1.73. The van der Waals surface area contributed by atoms with Gasteiger partial charge < -0.3 is 15.8 Å². The molecule has 1 aromatic carbocycles. The number of nitriles is 1. The zero-order chi connectivity index (χ0) is 19.6. The van der Waals surface area contributed by atoms with Crippen molar-refractivity contribution < 1.29 is 18.7 Å². The van der Waals surface area contributed by atoms with Crippen LogP contribution in [0.4, 0.5) is 20.7 Å². The maximum absolute atomic E-state index is 14.7. The number of halogens is 1. The number of ether oxygens (including phenoxy) is 1.